The van der Waals surface area contributed by atoms with Crippen molar-refractivity contribution in [3.8, 4) is 5.69 Å². The van der Waals surface area contributed by atoms with Crippen molar-refractivity contribution in [1.82, 2.24) is 4.57 Å². The van der Waals surface area contributed by atoms with Crippen molar-refractivity contribution in [3.63, 3.8) is 0 Å². The van der Waals surface area contributed by atoms with Crippen LogP contribution in [0.3, 0.4) is 0 Å². The van der Waals surface area contributed by atoms with Crippen LogP contribution in [0.2, 0.25) is 0 Å². The molecule has 3 nitrogen and oxygen atoms in total. The summed E-state index contributed by atoms with van der Waals surface area (Å²) in [6, 6.07) is 24.3. The summed E-state index contributed by atoms with van der Waals surface area (Å²) in [5.41, 5.74) is 3.84. The van der Waals surface area contributed by atoms with E-state index in [0.717, 1.165) is 38.3 Å². The van der Waals surface area contributed by atoms with Gasteiger partial charge in [-0.05, 0) is 40.5 Å². The molecular weight excluding hydrogens is 297 g/mol. The minimum absolute atomic E-state index is 0.542. The fourth-order valence-electron chi connectivity index (χ4n) is 3.79. The molecule has 0 amide bonds. The van der Waals surface area contributed by atoms with E-state index in [1.165, 1.54) is 0 Å². The van der Waals surface area contributed by atoms with E-state index in [0.29, 0.717) is 5.46 Å². The van der Waals surface area contributed by atoms with Crippen LogP contribution >= 0.6 is 0 Å². The Hall–Kier alpha value is -2.82. The van der Waals surface area contributed by atoms with Crippen LogP contribution in [-0.2, 0) is 0 Å². The number of rotatable bonds is 2. The van der Waals surface area contributed by atoms with Crippen molar-refractivity contribution in [2.24, 2.45) is 0 Å². The minimum Gasteiger partial charge on any atom is -0.423 e. The summed E-state index contributed by atoms with van der Waals surface area (Å²) in [7, 11) is -1.48. The molecule has 0 unspecified atom stereocenters. The van der Waals surface area contributed by atoms with Gasteiger partial charge in [-0.1, -0.05) is 48.5 Å². The molecule has 0 fully saturated rings. The second-order valence-electron chi connectivity index (χ2n) is 6.08. The minimum atomic E-state index is -1.48. The molecule has 0 bridgehead atoms. The Bertz CT molecular complexity index is 1180. The first-order valence-electron chi connectivity index (χ1n) is 7.95. The molecule has 5 aromatic rings. The van der Waals surface area contributed by atoms with E-state index in [1.807, 2.05) is 36.4 Å². The van der Waals surface area contributed by atoms with Gasteiger partial charge in [-0.3, -0.25) is 0 Å². The van der Waals surface area contributed by atoms with Crippen LogP contribution in [-0.4, -0.2) is 21.7 Å². The molecule has 2 N–H and O–H groups in total. The predicted octanol–water partition coefficient (Wildman–Crippen LogP) is 3.05. The number of para-hydroxylation sites is 1. The van der Waals surface area contributed by atoms with Gasteiger partial charge in [0.1, 0.15) is 0 Å². The Balaban J connectivity index is 2.06. The first-order chi connectivity index (χ1) is 11.8. The molecule has 0 aliphatic rings. The van der Waals surface area contributed by atoms with Crippen LogP contribution in [0.15, 0.2) is 72.8 Å². The van der Waals surface area contributed by atoms with E-state index in [-0.39, 0.29) is 0 Å². The van der Waals surface area contributed by atoms with Crippen LogP contribution < -0.4 is 5.46 Å². The molecule has 1 heterocycles. The largest absolute Gasteiger partial charge is 0.489 e. The van der Waals surface area contributed by atoms with Crippen LogP contribution in [0.4, 0.5) is 0 Å². The third kappa shape index (κ3) is 1.69. The number of benzene rings is 4. The molecule has 114 valence electrons. The molecular formula is C20H14BNO2. The van der Waals surface area contributed by atoms with Crippen molar-refractivity contribution in [2.75, 3.05) is 0 Å². The topological polar surface area (TPSA) is 45.4 Å². The van der Waals surface area contributed by atoms with E-state index in [9.17, 15) is 10.0 Å². The normalized spacial score (nSPS) is 11.8. The lowest BCUT2D eigenvalue weighted by Gasteiger charge is -2.09. The van der Waals surface area contributed by atoms with Crippen LogP contribution in [0.5, 0.6) is 0 Å². The zero-order valence-corrected chi connectivity index (χ0v) is 12.8. The Kier molecular flexibility index (Phi) is 2.74. The predicted molar refractivity (Wildman–Crippen MR) is 99.3 cm³/mol. The number of hydrogen-bond donors (Lipinski definition) is 2. The van der Waals surface area contributed by atoms with Crippen molar-refractivity contribution >= 4 is 45.2 Å². The number of aromatic nitrogens is 1. The van der Waals surface area contributed by atoms with Crippen LogP contribution in [0.1, 0.15) is 0 Å². The summed E-state index contributed by atoms with van der Waals surface area (Å²) >= 11 is 0. The molecule has 1 aromatic heterocycles. The lowest BCUT2D eigenvalue weighted by Crippen LogP contribution is -2.30. The molecule has 0 spiro atoms. The Morgan fingerprint density at radius 3 is 2.25 bits per heavy atom. The van der Waals surface area contributed by atoms with Gasteiger partial charge in [0.2, 0.25) is 0 Å². The van der Waals surface area contributed by atoms with E-state index in [4.69, 9.17) is 0 Å². The lowest BCUT2D eigenvalue weighted by atomic mass is 9.76. The van der Waals surface area contributed by atoms with Gasteiger partial charge >= 0.3 is 7.12 Å². The van der Waals surface area contributed by atoms with E-state index >= 15 is 0 Å². The standard InChI is InChI=1S/C20H14BNO2/c23-21(24)16-11-12-18-20-15(16)10-9-13-5-4-8-17(19(13)20)22(18)14-6-2-1-3-7-14/h1-12,23-24H. The van der Waals surface area contributed by atoms with Crippen molar-refractivity contribution < 1.29 is 10.0 Å². The molecule has 24 heavy (non-hydrogen) atoms. The van der Waals surface area contributed by atoms with Gasteiger partial charge in [0.25, 0.3) is 0 Å². The molecule has 4 aromatic carbocycles. The molecule has 0 atom stereocenters. The summed E-state index contributed by atoms with van der Waals surface area (Å²) in [4.78, 5) is 0. The van der Waals surface area contributed by atoms with E-state index in [2.05, 4.69) is 34.9 Å². The molecule has 5 rings (SSSR count). The van der Waals surface area contributed by atoms with Crippen LogP contribution in [0.25, 0.3) is 38.3 Å². The van der Waals surface area contributed by atoms with Crippen molar-refractivity contribution in [2.45, 2.75) is 0 Å². The highest BCUT2D eigenvalue weighted by atomic mass is 16.4. The summed E-state index contributed by atoms with van der Waals surface area (Å²) in [5, 5.41) is 23.7. The molecule has 0 saturated carbocycles. The first-order valence-corrected chi connectivity index (χ1v) is 7.95. The fourth-order valence-corrected chi connectivity index (χ4v) is 3.79. The average molecular weight is 311 g/mol. The maximum absolute atomic E-state index is 9.73. The summed E-state index contributed by atoms with van der Waals surface area (Å²) in [6.45, 7) is 0. The second kappa shape index (κ2) is 4.84. The average Bonchev–Trinajstić information content (AvgIpc) is 2.96. The molecule has 4 heteroatoms. The third-order valence-corrected chi connectivity index (χ3v) is 4.79. The Labute approximate surface area is 138 Å². The fraction of sp³-hybridized carbons (Fsp3) is 0. The molecule has 0 aliphatic carbocycles. The maximum atomic E-state index is 9.73. The highest BCUT2D eigenvalue weighted by Crippen LogP contribution is 2.37. The smallest absolute Gasteiger partial charge is 0.423 e. The van der Waals surface area contributed by atoms with Gasteiger partial charge < -0.3 is 14.6 Å². The van der Waals surface area contributed by atoms with Gasteiger partial charge in [-0.15, -0.1) is 0 Å². The maximum Gasteiger partial charge on any atom is 0.489 e. The quantitative estimate of drug-likeness (QED) is 0.389. The van der Waals surface area contributed by atoms with E-state index < -0.39 is 7.12 Å². The van der Waals surface area contributed by atoms with Gasteiger partial charge in [0, 0.05) is 16.5 Å². The molecule has 0 aliphatic heterocycles. The summed E-state index contributed by atoms with van der Waals surface area (Å²) < 4.78 is 2.23. The Morgan fingerprint density at radius 2 is 1.46 bits per heavy atom. The molecule has 0 radical (unpaired) electrons. The van der Waals surface area contributed by atoms with E-state index in [1.54, 1.807) is 6.07 Å². The van der Waals surface area contributed by atoms with Crippen molar-refractivity contribution in [1.29, 1.82) is 0 Å². The Morgan fingerprint density at radius 1 is 0.667 bits per heavy atom. The second-order valence-corrected chi connectivity index (χ2v) is 6.08. The van der Waals surface area contributed by atoms with Gasteiger partial charge in [-0.2, -0.15) is 0 Å². The highest BCUT2D eigenvalue weighted by Gasteiger charge is 2.21. The highest BCUT2D eigenvalue weighted by molar-refractivity contribution is 6.62. The summed E-state index contributed by atoms with van der Waals surface area (Å²) in [6.07, 6.45) is 0. The number of hydrogen-bond acceptors (Lipinski definition) is 2. The summed E-state index contributed by atoms with van der Waals surface area (Å²) in [5.74, 6) is 0. The zero-order valence-electron chi connectivity index (χ0n) is 12.8. The van der Waals surface area contributed by atoms with Gasteiger partial charge in [0.05, 0.1) is 11.0 Å². The zero-order chi connectivity index (χ0) is 16.3. The van der Waals surface area contributed by atoms with Gasteiger partial charge in [0.15, 0.2) is 0 Å². The van der Waals surface area contributed by atoms with Gasteiger partial charge in [-0.25, -0.2) is 0 Å². The lowest BCUT2D eigenvalue weighted by molar-refractivity contribution is 0.426. The first kappa shape index (κ1) is 13.6. The number of nitrogens with zero attached hydrogens (tertiary/aromatic N) is 1. The van der Waals surface area contributed by atoms with Crippen molar-refractivity contribution in [3.05, 3.63) is 72.8 Å². The third-order valence-electron chi connectivity index (χ3n) is 4.79. The SMILES string of the molecule is OB(O)c1ccc2c3c1ccc1cccc(c13)n2-c1ccccc1. The monoisotopic (exact) mass is 311 g/mol. The molecule has 0 saturated heterocycles. The van der Waals surface area contributed by atoms with Crippen LogP contribution in [0, 0.1) is 0 Å².